The Labute approximate surface area is 122 Å². The van der Waals surface area contributed by atoms with Gasteiger partial charge in [-0.15, -0.1) is 11.3 Å². The highest BCUT2D eigenvalue weighted by molar-refractivity contribution is 7.94. The predicted molar refractivity (Wildman–Crippen MR) is 70.3 cm³/mol. The molecule has 5 nitrogen and oxygen atoms in total. The van der Waals surface area contributed by atoms with Crippen LogP contribution in [0.1, 0.15) is 10.6 Å². The van der Waals surface area contributed by atoms with Crippen LogP contribution in [0.25, 0.3) is 0 Å². The fourth-order valence-electron chi connectivity index (χ4n) is 1.42. The van der Waals surface area contributed by atoms with Crippen molar-refractivity contribution in [1.82, 2.24) is 4.98 Å². The average molecular weight is 338 g/mol. The first kappa shape index (κ1) is 15.7. The molecule has 0 bridgehead atoms. The molecule has 2 N–H and O–H groups in total. The van der Waals surface area contributed by atoms with Gasteiger partial charge in [-0.05, 0) is 24.3 Å². The second-order valence-electron chi connectivity index (χ2n) is 3.91. The second-order valence-corrected chi connectivity index (χ2v) is 6.99. The smallest absolute Gasteiger partial charge is 0.391 e. The predicted octanol–water partition coefficient (Wildman–Crippen LogP) is 2.46. The summed E-state index contributed by atoms with van der Waals surface area (Å²) in [6.07, 6.45) is -3.79. The van der Waals surface area contributed by atoms with Gasteiger partial charge in [0.15, 0.2) is 0 Å². The molecule has 0 aromatic carbocycles. The van der Waals surface area contributed by atoms with E-state index >= 15 is 0 Å². The number of nitrogens with one attached hydrogen (secondary N) is 1. The summed E-state index contributed by atoms with van der Waals surface area (Å²) in [5.41, 5.74) is -1.19. The Morgan fingerprint density at radius 1 is 1.24 bits per heavy atom. The largest absolute Gasteiger partial charge is 0.433 e. The van der Waals surface area contributed by atoms with Crippen LogP contribution in [0, 0.1) is 0 Å². The first-order valence-electron chi connectivity index (χ1n) is 5.48. The number of halogens is 3. The van der Waals surface area contributed by atoms with E-state index in [1.165, 1.54) is 12.1 Å². The summed E-state index contributed by atoms with van der Waals surface area (Å²) in [6.45, 7) is -0.290. The first-order valence-corrected chi connectivity index (χ1v) is 7.78. The monoisotopic (exact) mass is 338 g/mol. The van der Waals surface area contributed by atoms with Gasteiger partial charge in [-0.3, -0.25) is 4.72 Å². The van der Waals surface area contributed by atoms with Crippen molar-refractivity contribution in [2.45, 2.75) is 17.0 Å². The maximum absolute atomic E-state index is 12.3. The number of pyridine rings is 1. The molecule has 0 spiro atoms. The molecule has 0 atom stereocenters. The van der Waals surface area contributed by atoms with Gasteiger partial charge in [-0.25, -0.2) is 13.4 Å². The van der Waals surface area contributed by atoms with Gasteiger partial charge in [-0.1, -0.05) is 0 Å². The Morgan fingerprint density at radius 3 is 2.43 bits per heavy atom. The van der Waals surface area contributed by atoms with Crippen LogP contribution in [0.4, 0.5) is 18.9 Å². The number of alkyl halides is 3. The topological polar surface area (TPSA) is 79.3 Å². The van der Waals surface area contributed by atoms with E-state index in [1.807, 2.05) is 0 Å². The summed E-state index contributed by atoms with van der Waals surface area (Å²) in [6, 6.07) is 4.42. The molecule has 2 aromatic rings. The number of sulfonamides is 1. The van der Waals surface area contributed by atoms with E-state index in [2.05, 4.69) is 9.71 Å². The second kappa shape index (κ2) is 5.62. The summed E-state index contributed by atoms with van der Waals surface area (Å²) >= 11 is 0.866. The molecule has 2 rings (SSSR count). The third kappa shape index (κ3) is 3.71. The van der Waals surface area contributed by atoms with Crippen LogP contribution in [-0.4, -0.2) is 18.5 Å². The maximum atomic E-state index is 12.3. The lowest BCUT2D eigenvalue weighted by Crippen LogP contribution is -2.13. The molecular weight excluding hydrogens is 329 g/mol. The third-order valence-corrected chi connectivity index (χ3v) is 5.31. The van der Waals surface area contributed by atoms with Gasteiger partial charge in [0.25, 0.3) is 10.0 Å². The molecule has 2 aromatic heterocycles. The molecule has 0 amide bonds. The summed E-state index contributed by atoms with van der Waals surface area (Å²) < 4.78 is 63.1. The van der Waals surface area contributed by atoms with Crippen LogP contribution in [0.3, 0.4) is 0 Å². The minimum atomic E-state index is -4.58. The Bertz CT molecular complexity index is 724. The van der Waals surface area contributed by atoms with Crippen molar-refractivity contribution in [2.75, 3.05) is 4.72 Å². The van der Waals surface area contributed by atoms with Crippen molar-refractivity contribution in [3.63, 3.8) is 0 Å². The van der Waals surface area contributed by atoms with Crippen LogP contribution in [0.15, 0.2) is 34.7 Å². The number of aliphatic hydroxyl groups excluding tert-OH is 1. The number of nitrogens with zero attached hydrogens (tertiary/aromatic N) is 1. The van der Waals surface area contributed by atoms with Crippen LogP contribution < -0.4 is 4.72 Å². The molecule has 0 aliphatic carbocycles. The Balaban J connectivity index is 2.21. The van der Waals surface area contributed by atoms with Gasteiger partial charge in [-0.2, -0.15) is 13.2 Å². The van der Waals surface area contributed by atoms with Crippen molar-refractivity contribution in [2.24, 2.45) is 0 Å². The molecule has 0 radical (unpaired) electrons. The lowest BCUT2D eigenvalue weighted by Gasteiger charge is -2.08. The zero-order valence-electron chi connectivity index (χ0n) is 10.3. The van der Waals surface area contributed by atoms with Crippen molar-refractivity contribution in [3.05, 3.63) is 41.0 Å². The average Bonchev–Trinajstić information content (AvgIpc) is 2.87. The first-order chi connectivity index (χ1) is 9.72. The normalized spacial score (nSPS) is 12.4. The highest BCUT2D eigenvalue weighted by Gasteiger charge is 2.32. The van der Waals surface area contributed by atoms with E-state index in [1.54, 1.807) is 0 Å². The van der Waals surface area contributed by atoms with E-state index in [-0.39, 0.29) is 16.5 Å². The number of rotatable bonds is 4. The van der Waals surface area contributed by atoms with Crippen LogP contribution in [0.5, 0.6) is 0 Å². The number of hydrogen-bond acceptors (Lipinski definition) is 5. The van der Waals surface area contributed by atoms with E-state index in [4.69, 9.17) is 5.11 Å². The summed E-state index contributed by atoms with van der Waals surface area (Å²) in [4.78, 5) is 3.62. The standard InChI is InChI=1S/C11H9F3N2O3S2/c12-11(13,14)9-3-1-7(5-15-9)16-21(18,19)10-4-2-8(6-17)20-10/h1-5,16-17H,6H2. The van der Waals surface area contributed by atoms with Gasteiger partial charge in [0, 0.05) is 4.88 Å². The Morgan fingerprint density at radius 2 is 1.95 bits per heavy atom. The fraction of sp³-hybridized carbons (Fsp3) is 0.182. The molecule has 0 saturated heterocycles. The number of anilines is 1. The van der Waals surface area contributed by atoms with Gasteiger partial charge < -0.3 is 5.11 Å². The third-order valence-electron chi connectivity index (χ3n) is 2.36. The van der Waals surface area contributed by atoms with Crippen molar-refractivity contribution in [1.29, 1.82) is 0 Å². The zero-order chi connectivity index (χ0) is 15.7. The van der Waals surface area contributed by atoms with E-state index in [9.17, 15) is 21.6 Å². The quantitative estimate of drug-likeness (QED) is 0.897. The van der Waals surface area contributed by atoms with Gasteiger partial charge in [0.1, 0.15) is 9.90 Å². The van der Waals surface area contributed by atoms with Gasteiger partial charge in [0.05, 0.1) is 18.5 Å². The van der Waals surface area contributed by atoms with Crippen molar-refractivity contribution < 1.29 is 26.7 Å². The maximum Gasteiger partial charge on any atom is 0.433 e. The summed E-state index contributed by atoms with van der Waals surface area (Å²) in [7, 11) is -3.91. The molecule has 0 aliphatic heterocycles. The summed E-state index contributed by atoms with van der Waals surface area (Å²) in [5, 5.41) is 8.89. The Kier molecular flexibility index (Phi) is 4.21. The van der Waals surface area contributed by atoms with E-state index < -0.39 is 21.9 Å². The van der Waals surface area contributed by atoms with E-state index in [0.717, 1.165) is 23.6 Å². The number of thiophene rings is 1. The Hall–Kier alpha value is -1.65. The van der Waals surface area contributed by atoms with Crippen LogP contribution in [-0.2, 0) is 22.8 Å². The van der Waals surface area contributed by atoms with Gasteiger partial charge in [0.2, 0.25) is 0 Å². The van der Waals surface area contributed by atoms with Crippen molar-refractivity contribution >= 4 is 27.0 Å². The lowest BCUT2D eigenvalue weighted by molar-refractivity contribution is -0.141. The molecule has 0 aliphatic rings. The number of hydrogen-bond donors (Lipinski definition) is 2. The zero-order valence-corrected chi connectivity index (χ0v) is 11.9. The summed E-state index contributed by atoms with van der Waals surface area (Å²) in [5.74, 6) is 0. The molecular formula is C11H9F3N2O3S2. The molecule has 21 heavy (non-hydrogen) atoms. The number of aromatic nitrogens is 1. The van der Waals surface area contributed by atoms with Gasteiger partial charge >= 0.3 is 6.18 Å². The molecule has 0 unspecified atom stereocenters. The molecule has 0 fully saturated rings. The molecule has 0 saturated carbocycles. The molecule has 114 valence electrons. The van der Waals surface area contributed by atoms with E-state index in [0.29, 0.717) is 10.9 Å². The minimum Gasteiger partial charge on any atom is -0.391 e. The fourth-order valence-corrected chi connectivity index (χ4v) is 3.67. The van der Waals surface area contributed by atoms with Crippen LogP contribution >= 0.6 is 11.3 Å². The molecule has 2 heterocycles. The minimum absolute atomic E-state index is 0.0496. The van der Waals surface area contributed by atoms with Crippen LogP contribution in [0.2, 0.25) is 0 Å². The highest BCUT2D eigenvalue weighted by atomic mass is 32.2. The number of aliphatic hydroxyl groups is 1. The highest BCUT2D eigenvalue weighted by Crippen LogP contribution is 2.28. The van der Waals surface area contributed by atoms with Crippen molar-refractivity contribution in [3.8, 4) is 0 Å². The SMILES string of the molecule is O=S(=O)(Nc1ccc(C(F)(F)F)nc1)c1ccc(CO)s1. The molecule has 10 heteroatoms. The lowest BCUT2D eigenvalue weighted by atomic mass is 10.3.